The van der Waals surface area contributed by atoms with Crippen LogP contribution in [-0.4, -0.2) is 29.1 Å². The summed E-state index contributed by atoms with van der Waals surface area (Å²) in [5.41, 5.74) is 3.40. The van der Waals surface area contributed by atoms with Crippen molar-refractivity contribution in [2.24, 2.45) is 5.92 Å². The SMILES string of the molecule is CCCCCCN1CC[C@]23CCCC[C@H]2[C@@H]1Cc1ccc(O)cc13. The number of benzene rings is 1. The lowest BCUT2D eigenvalue weighted by Crippen LogP contribution is -2.60. The van der Waals surface area contributed by atoms with Crippen LogP contribution in [-0.2, 0) is 11.8 Å². The minimum absolute atomic E-state index is 0.370. The Morgan fingerprint density at radius 1 is 1.17 bits per heavy atom. The summed E-state index contributed by atoms with van der Waals surface area (Å²) in [7, 11) is 0. The summed E-state index contributed by atoms with van der Waals surface area (Å²) in [5.74, 6) is 1.29. The predicted octanol–water partition coefficient (Wildman–Crippen LogP) is 5.03. The number of piperidine rings is 1. The maximum Gasteiger partial charge on any atom is 0.115 e. The minimum atomic E-state index is 0.370. The molecule has 1 aromatic rings. The molecule has 0 radical (unpaired) electrons. The van der Waals surface area contributed by atoms with Crippen molar-refractivity contribution in [2.75, 3.05) is 13.1 Å². The Labute approximate surface area is 147 Å². The zero-order valence-corrected chi connectivity index (χ0v) is 15.3. The molecular formula is C22H33NO. The molecule has 3 atom stereocenters. The van der Waals surface area contributed by atoms with Gasteiger partial charge < -0.3 is 5.11 Å². The molecule has 2 fully saturated rings. The smallest absolute Gasteiger partial charge is 0.115 e. The van der Waals surface area contributed by atoms with Crippen molar-refractivity contribution in [1.82, 2.24) is 4.90 Å². The molecule has 2 nitrogen and oxygen atoms in total. The van der Waals surface area contributed by atoms with E-state index in [9.17, 15) is 5.11 Å². The van der Waals surface area contributed by atoms with E-state index >= 15 is 0 Å². The fraction of sp³-hybridized carbons (Fsp3) is 0.727. The molecule has 1 aliphatic heterocycles. The van der Waals surface area contributed by atoms with Gasteiger partial charge in [-0.1, -0.05) is 45.1 Å². The monoisotopic (exact) mass is 327 g/mol. The number of rotatable bonds is 5. The summed E-state index contributed by atoms with van der Waals surface area (Å²) in [6.45, 7) is 4.86. The fourth-order valence-corrected chi connectivity index (χ4v) is 6.09. The van der Waals surface area contributed by atoms with Gasteiger partial charge in [0.1, 0.15) is 5.75 Å². The van der Waals surface area contributed by atoms with Gasteiger partial charge >= 0.3 is 0 Å². The van der Waals surface area contributed by atoms with Crippen molar-refractivity contribution >= 4 is 0 Å². The predicted molar refractivity (Wildman–Crippen MR) is 99.6 cm³/mol. The van der Waals surface area contributed by atoms with Crippen molar-refractivity contribution in [3.63, 3.8) is 0 Å². The number of aromatic hydroxyl groups is 1. The van der Waals surface area contributed by atoms with Gasteiger partial charge in [0.25, 0.3) is 0 Å². The molecule has 24 heavy (non-hydrogen) atoms. The summed E-state index contributed by atoms with van der Waals surface area (Å²) < 4.78 is 0. The summed E-state index contributed by atoms with van der Waals surface area (Å²) in [4.78, 5) is 2.83. The van der Waals surface area contributed by atoms with Crippen LogP contribution in [0.1, 0.15) is 75.8 Å². The molecule has 132 valence electrons. The van der Waals surface area contributed by atoms with Crippen molar-refractivity contribution < 1.29 is 5.11 Å². The van der Waals surface area contributed by atoms with E-state index in [1.165, 1.54) is 88.4 Å². The van der Waals surface area contributed by atoms with Gasteiger partial charge in [-0.15, -0.1) is 0 Å². The lowest BCUT2D eigenvalue weighted by molar-refractivity contribution is -0.0120. The van der Waals surface area contributed by atoms with Gasteiger partial charge in [0, 0.05) is 11.5 Å². The van der Waals surface area contributed by atoms with E-state index in [4.69, 9.17) is 0 Å². The van der Waals surface area contributed by atoms with Crippen molar-refractivity contribution in [3.05, 3.63) is 29.3 Å². The van der Waals surface area contributed by atoms with Crippen molar-refractivity contribution in [2.45, 2.75) is 82.6 Å². The van der Waals surface area contributed by atoms with E-state index in [1.54, 1.807) is 0 Å². The van der Waals surface area contributed by atoms with Crippen LogP contribution in [0, 0.1) is 5.92 Å². The lowest BCUT2D eigenvalue weighted by atomic mass is 9.52. The molecule has 0 spiro atoms. The Hall–Kier alpha value is -1.02. The first-order valence-electron chi connectivity index (χ1n) is 10.3. The van der Waals surface area contributed by atoms with Crippen LogP contribution < -0.4 is 0 Å². The number of hydrogen-bond acceptors (Lipinski definition) is 2. The number of phenols is 1. The maximum absolute atomic E-state index is 10.1. The van der Waals surface area contributed by atoms with Gasteiger partial charge in [0.15, 0.2) is 0 Å². The average molecular weight is 328 g/mol. The number of fused-ring (bicyclic) bond motifs is 1. The quantitative estimate of drug-likeness (QED) is 0.767. The molecule has 1 N–H and O–H groups in total. The van der Waals surface area contributed by atoms with E-state index in [2.05, 4.69) is 24.0 Å². The fourth-order valence-electron chi connectivity index (χ4n) is 6.09. The first-order chi connectivity index (χ1) is 11.7. The zero-order chi connectivity index (χ0) is 16.6. The summed E-state index contributed by atoms with van der Waals surface area (Å²) in [6.07, 6.45) is 13.5. The van der Waals surface area contributed by atoms with Crippen LogP contribution >= 0.6 is 0 Å². The van der Waals surface area contributed by atoms with Gasteiger partial charge in [0.2, 0.25) is 0 Å². The molecule has 2 heteroatoms. The Morgan fingerprint density at radius 2 is 2.08 bits per heavy atom. The van der Waals surface area contributed by atoms with Crippen molar-refractivity contribution in [1.29, 1.82) is 0 Å². The van der Waals surface area contributed by atoms with Crippen LogP contribution in [0.25, 0.3) is 0 Å². The molecular weight excluding hydrogens is 294 g/mol. The number of nitrogens with zero attached hydrogens (tertiary/aromatic N) is 1. The number of phenolic OH excluding ortho intramolecular Hbond substituents is 1. The van der Waals surface area contributed by atoms with Crippen LogP contribution in [0.3, 0.4) is 0 Å². The maximum atomic E-state index is 10.1. The highest BCUT2D eigenvalue weighted by Gasteiger charge is 2.53. The molecule has 2 aliphatic carbocycles. The standard InChI is InChI=1S/C22H33NO/c1-2-3-4-7-13-23-14-12-22-11-6-5-8-19(22)21(23)15-17-9-10-18(24)16-20(17)22/h9-10,16,19,21,24H,2-8,11-15H2,1H3/t19-,21-,22+/m0/s1. The van der Waals surface area contributed by atoms with Gasteiger partial charge in [-0.05, 0) is 74.4 Å². The topological polar surface area (TPSA) is 23.5 Å². The van der Waals surface area contributed by atoms with E-state index in [0.717, 1.165) is 12.0 Å². The van der Waals surface area contributed by atoms with Crippen molar-refractivity contribution in [3.8, 4) is 5.75 Å². The van der Waals surface area contributed by atoms with Gasteiger partial charge in [-0.2, -0.15) is 0 Å². The molecule has 3 aliphatic rings. The normalized spacial score (nSPS) is 32.2. The lowest BCUT2D eigenvalue weighted by Gasteiger charge is -2.59. The van der Waals surface area contributed by atoms with Crippen LogP contribution in [0.15, 0.2) is 18.2 Å². The number of hydrogen-bond donors (Lipinski definition) is 1. The Morgan fingerprint density at radius 3 is 2.96 bits per heavy atom. The largest absolute Gasteiger partial charge is 0.508 e. The molecule has 1 aromatic carbocycles. The molecule has 2 bridgehead atoms. The highest BCUT2D eigenvalue weighted by Crippen LogP contribution is 2.56. The van der Waals surface area contributed by atoms with Crippen LogP contribution in [0.2, 0.25) is 0 Å². The molecule has 0 amide bonds. The average Bonchev–Trinajstić information content (AvgIpc) is 2.61. The van der Waals surface area contributed by atoms with E-state index in [1.807, 2.05) is 6.07 Å². The van der Waals surface area contributed by atoms with E-state index in [-0.39, 0.29) is 0 Å². The molecule has 0 unspecified atom stereocenters. The van der Waals surface area contributed by atoms with Crippen LogP contribution in [0.4, 0.5) is 0 Å². The van der Waals surface area contributed by atoms with Gasteiger partial charge in [-0.3, -0.25) is 4.90 Å². The first-order valence-corrected chi connectivity index (χ1v) is 10.3. The second-order valence-corrected chi connectivity index (χ2v) is 8.47. The van der Waals surface area contributed by atoms with Crippen LogP contribution in [0.5, 0.6) is 5.75 Å². The summed E-state index contributed by atoms with van der Waals surface area (Å²) in [6, 6.07) is 6.98. The third kappa shape index (κ3) is 2.67. The first kappa shape index (κ1) is 16.4. The summed E-state index contributed by atoms with van der Waals surface area (Å²) >= 11 is 0. The molecule has 4 rings (SSSR count). The van der Waals surface area contributed by atoms with E-state index < -0.39 is 0 Å². The third-order valence-electron chi connectivity index (χ3n) is 7.23. The Balaban J connectivity index is 1.61. The second kappa shape index (κ2) is 6.71. The second-order valence-electron chi connectivity index (χ2n) is 8.47. The zero-order valence-electron chi connectivity index (χ0n) is 15.3. The third-order valence-corrected chi connectivity index (χ3v) is 7.23. The summed E-state index contributed by atoms with van der Waals surface area (Å²) in [5, 5.41) is 10.1. The highest BCUT2D eigenvalue weighted by atomic mass is 16.3. The number of unbranched alkanes of at least 4 members (excludes halogenated alkanes) is 3. The minimum Gasteiger partial charge on any atom is -0.508 e. The number of likely N-dealkylation sites (tertiary alicyclic amines) is 1. The Kier molecular flexibility index (Phi) is 4.60. The molecule has 1 saturated carbocycles. The Bertz CT molecular complexity index is 583. The molecule has 0 aromatic heterocycles. The molecule has 1 saturated heterocycles. The highest BCUT2D eigenvalue weighted by molar-refractivity contribution is 5.45. The van der Waals surface area contributed by atoms with E-state index in [0.29, 0.717) is 11.2 Å². The van der Waals surface area contributed by atoms with Gasteiger partial charge in [-0.25, -0.2) is 0 Å². The van der Waals surface area contributed by atoms with Gasteiger partial charge in [0.05, 0.1) is 0 Å². The molecule has 1 heterocycles.